The number of carbonyl (C=O) groups excluding carboxylic acids is 1. The monoisotopic (exact) mass is 300 g/mol. The summed E-state index contributed by atoms with van der Waals surface area (Å²) in [6.45, 7) is 3.33. The molecule has 1 N–H and O–H groups in total. The molecule has 1 amide bonds. The standard InChI is InChI=1S/C14H18Cl2N2O/c15-12-5-1-4-11(14(12)16)10-17-7-3-9-18-8-2-6-13(18)19/h1,4-5,17H,2-3,6-10H2. The fourth-order valence-electron chi connectivity index (χ4n) is 2.24. The molecule has 0 unspecified atom stereocenters. The van der Waals surface area contributed by atoms with E-state index in [4.69, 9.17) is 23.2 Å². The number of amides is 1. The van der Waals surface area contributed by atoms with Gasteiger partial charge in [0.2, 0.25) is 5.91 Å². The van der Waals surface area contributed by atoms with E-state index in [2.05, 4.69) is 5.32 Å². The first-order valence-electron chi connectivity index (χ1n) is 6.60. The van der Waals surface area contributed by atoms with Crippen molar-refractivity contribution in [1.29, 1.82) is 0 Å². The summed E-state index contributed by atoms with van der Waals surface area (Å²) >= 11 is 12.1. The minimum atomic E-state index is 0.290. The number of nitrogens with zero attached hydrogens (tertiary/aromatic N) is 1. The minimum absolute atomic E-state index is 0.290. The van der Waals surface area contributed by atoms with Gasteiger partial charge in [0.25, 0.3) is 0 Å². The van der Waals surface area contributed by atoms with E-state index >= 15 is 0 Å². The smallest absolute Gasteiger partial charge is 0.222 e. The highest BCUT2D eigenvalue weighted by atomic mass is 35.5. The van der Waals surface area contributed by atoms with Crippen molar-refractivity contribution >= 4 is 29.1 Å². The molecule has 1 fully saturated rings. The molecule has 0 spiro atoms. The van der Waals surface area contributed by atoms with Gasteiger partial charge >= 0.3 is 0 Å². The molecule has 1 aliphatic rings. The molecular weight excluding hydrogens is 283 g/mol. The second-order valence-electron chi connectivity index (χ2n) is 4.73. The Balaban J connectivity index is 1.66. The van der Waals surface area contributed by atoms with E-state index in [9.17, 15) is 4.79 Å². The summed E-state index contributed by atoms with van der Waals surface area (Å²) in [5.41, 5.74) is 1.01. The Morgan fingerprint density at radius 2 is 2.16 bits per heavy atom. The molecule has 0 atom stereocenters. The molecule has 1 aliphatic heterocycles. The Labute approximate surface area is 123 Å². The Bertz CT molecular complexity index is 451. The van der Waals surface area contributed by atoms with E-state index in [1.807, 2.05) is 17.0 Å². The first-order valence-corrected chi connectivity index (χ1v) is 7.35. The summed E-state index contributed by atoms with van der Waals surface area (Å²) in [5, 5.41) is 4.53. The van der Waals surface area contributed by atoms with Crippen molar-refractivity contribution in [3.63, 3.8) is 0 Å². The molecule has 0 aliphatic carbocycles. The molecule has 0 radical (unpaired) electrons. The predicted octanol–water partition coefficient (Wildman–Crippen LogP) is 3.10. The predicted molar refractivity (Wildman–Crippen MR) is 78.6 cm³/mol. The highest BCUT2D eigenvalue weighted by molar-refractivity contribution is 6.42. The Hall–Kier alpha value is -0.770. The van der Waals surface area contributed by atoms with Crippen LogP contribution in [-0.4, -0.2) is 30.4 Å². The molecular formula is C14H18Cl2N2O. The lowest BCUT2D eigenvalue weighted by molar-refractivity contribution is -0.127. The fraction of sp³-hybridized carbons (Fsp3) is 0.500. The van der Waals surface area contributed by atoms with Crippen LogP contribution in [0.3, 0.4) is 0 Å². The van der Waals surface area contributed by atoms with Gasteiger partial charge in [0, 0.05) is 26.1 Å². The normalized spacial score (nSPS) is 15.3. The quantitative estimate of drug-likeness (QED) is 0.819. The van der Waals surface area contributed by atoms with Crippen LogP contribution in [0.25, 0.3) is 0 Å². The first-order chi connectivity index (χ1) is 9.18. The van der Waals surface area contributed by atoms with Crippen LogP contribution in [0.4, 0.5) is 0 Å². The zero-order valence-corrected chi connectivity index (χ0v) is 12.3. The molecule has 5 heteroatoms. The summed E-state index contributed by atoms with van der Waals surface area (Å²) in [6.07, 6.45) is 2.68. The van der Waals surface area contributed by atoms with Crippen LogP contribution < -0.4 is 5.32 Å². The van der Waals surface area contributed by atoms with Crippen LogP contribution in [0.5, 0.6) is 0 Å². The number of hydrogen-bond donors (Lipinski definition) is 1. The van der Waals surface area contributed by atoms with Crippen molar-refractivity contribution in [3.05, 3.63) is 33.8 Å². The minimum Gasteiger partial charge on any atom is -0.343 e. The van der Waals surface area contributed by atoms with Crippen LogP contribution in [0.15, 0.2) is 18.2 Å². The summed E-state index contributed by atoms with van der Waals surface area (Å²) in [4.78, 5) is 13.4. The molecule has 1 heterocycles. The summed E-state index contributed by atoms with van der Waals surface area (Å²) in [5.74, 6) is 0.290. The van der Waals surface area contributed by atoms with Crippen molar-refractivity contribution in [2.24, 2.45) is 0 Å². The van der Waals surface area contributed by atoms with Gasteiger partial charge in [-0.1, -0.05) is 35.3 Å². The molecule has 19 heavy (non-hydrogen) atoms. The van der Waals surface area contributed by atoms with Crippen LogP contribution in [0, 0.1) is 0 Å². The molecule has 0 bridgehead atoms. The number of hydrogen-bond acceptors (Lipinski definition) is 2. The topological polar surface area (TPSA) is 32.3 Å². The maximum Gasteiger partial charge on any atom is 0.222 e. The zero-order chi connectivity index (χ0) is 13.7. The van der Waals surface area contributed by atoms with Gasteiger partial charge in [-0.15, -0.1) is 0 Å². The summed E-state index contributed by atoms with van der Waals surface area (Å²) in [7, 11) is 0. The maximum absolute atomic E-state index is 11.4. The Morgan fingerprint density at radius 3 is 2.89 bits per heavy atom. The van der Waals surface area contributed by atoms with E-state index in [1.54, 1.807) is 6.07 Å². The van der Waals surface area contributed by atoms with Crippen LogP contribution >= 0.6 is 23.2 Å². The van der Waals surface area contributed by atoms with Gasteiger partial charge in [-0.3, -0.25) is 4.79 Å². The van der Waals surface area contributed by atoms with E-state index in [0.717, 1.165) is 38.0 Å². The zero-order valence-electron chi connectivity index (χ0n) is 10.8. The lowest BCUT2D eigenvalue weighted by atomic mass is 10.2. The van der Waals surface area contributed by atoms with Gasteiger partial charge in [0.1, 0.15) is 0 Å². The average Bonchev–Trinajstić information content (AvgIpc) is 2.80. The number of carbonyl (C=O) groups is 1. The maximum atomic E-state index is 11.4. The molecule has 0 aromatic heterocycles. The van der Waals surface area contributed by atoms with Crippen molar-refractivity contribution in [2.75, 3.05) is 19.6 Å². The average molecular weight is 301 g/mol. The van der Waals surface area contributed by atoms with Crippen LogP contribution in [0.1, 0.15) is 24.8 Å². The number of nitrogens with one attached hydrogen (secondary N) is 1. The van der Waals surface area contributed by atoms with E-state index in [-0.39, 0.29) is 5.91 Å². The molecule has 0 saturated carbocycles. The van der Waals surface area contributed by atoms with Gasteiger partial charge in [0.15, 0.2) is 0 Å². The third kappa shape index (κ3) is 4.10. The molecule has 1 saturated heterocycles. The highest BCUT2D eigenvalue weighted by Gasteiger charge is 2.18. The Morgan fingerprint density at radius 1 is 1.32 bits per heavy atom. The van der Waals surface area contributed by atoms with Crippen LogP contribution in [-0.2, 0) is 11.3 Å². The first kappa shape index (κ1) is 14.6. The molecule has 1 aromatic rings. The molecule has 104 valence electrons. The third-order valence-electron chi connectivity index (χ3n) is 3.30. The second kappa shape index (κ2) is 7.13. The van der Waals surface area contributed by atoms with E-state index in [1.165, 1.54) is 0 Å². The summed E-state index contributed by atoms with van der Waals surface area (Å²) < 4.78 is 0. The van der Waals surface area contributed by atoms with Gasteiger partial charge in [0.05, 0.1) is 10.0 Å². The van der Waals surface area contributed by atoms with E-state index < -0.39 is 0 Å². The van der Waals surface area contributed by atoms with Crippen molar-refractivity contribution in [2.45, 2.75) is 25.8 Å². The van der Waals surface area contributed by atoms with Crippen molar-refractivity contribution in [1.82, 2.24) is 10.2 Å². The number of likely N-dealkylation sites (tertiary alicyclic amines) is 1. The number of benzene rings is 1. The summed E-state index contributed by atoms with van der Waals surface area (Å²) in [6, 6.07) is 5.64. The largest absolute Gasteiger partial charge is 0.343 e. The van der Waals surface area contributed by atoms with Gasteiger partial charge in [-0.05, 0) is 31.0 Å². The number of halogens is 2. The van der Waals surface area contributed by atoms with Gasteiger partial charge in [-0.2, -0.15) is 0 Å². The number of rotatable bonds is 6. The lowest BCUT2D eigenvalue weighted by Gasteiger charge is -2.15. The second-order valence-corrected chi connectivity index (χ2v) is 5.51. The Kier molecular flexibility index (Phi) is 5.49. The van der Waals surface area contributed by atoms with E-state index in [0.29, 0.717) is 23.0 Å². The van der Waals surface area contributed by atoms with Crippen molar-refractivity contribution < 1.29 is 4.79 Å². The lowest BCUT2D eigenvalue weighted by Crippen LogP contribution is -2.28. The molecule has 2 rings (SSSR count). The third-order valence-corrected chi connectivity index (χ3v) is 4.16. The highest BCUT2D eigenvalue weighted by Crippen LogP contribution is 2.25. The molecule has 3 nitrogen and oxygen atoms in total. The van der Waals surface area contributed by atoms with Crippen molar-refractivity contribution in [3.8, 4) is 0 Å². The SMILES string of the molecule is O=C1CCCN1CCCNCc1cccc(Cl)c1Cl. The fourth-order valence-corrected chi connectivity index (χ4v) is 2.63. The van der Waals surface area contributed by atoms with Crippen LogP contribution in [0.2, 0.25) is 10.0 Å². The van der Waals surface area contributed by atoms with Gasteiger partial charge in [-0.25, -0.2) is 0 Å². The van der Waals surface area contributed by atoms with Gasteiger partial charge < -0.3 is 10.2 Å². The molecule has 1 aromatic carbocycles.